The zero-order valence-corrected chi connectivity index (χ0v) is 8.30. The molecule has 1 aromatic rings. The van der Waals surface area contributed by atoms with E-state index in [0.29, 0.717) is 0 Å². The fourth-order valence-electron chi connectivity index (χ4n) is 1.32. The van der Waals surface area contributed by atoms with Crippen molar-refractivity contribution in [2.75, 3.05) is 19.4 Å². The molecule has 13 heavy (non-hydrogen) atoms. The molecule has 0 atom stereocenters. The first-order valence-electron chi connectivity index (χ1n) is 4.22. The summed E-state index contributed by atoms with van der Waals surface area (Å²) in [5.41, 5.74) is 1.12. The van der Waals surface area contributed by atoms with Crippen LogP contribution in [-0.4, -0.2) is 25.3 Å². The Morgan fingerprint density at radius 1 is 1.38 bits per heavy atom. The monoisotopic (exact) mass is 193 g/mol. The van der Waals surface area contributed by atoms with Gasteiger partial charge in [-0.2, -0.15) is 0 Å². The van der Waals surface area contributed by atoms with Crippen molar-refractivity contribution in [3.8, 4) is 0 Å². The molecule has 2 rings (SSSR count). The maximum absolute atomic E-state index is 5.42. The topological polar surface area (TPSA) is 21.6 Å². The van der Waals surface area contributed by atoms with Crippen LogP contribution in [0.25, 0.3) is 0 Å². The second-order valence-electron chi connectivity index (χ2n) is 2.74. The van der Waals surface area contributed by atoms with Crippen molar-refractivity contribution in [3.63, 3.8) is 0 Å². The van der Waals surface area contributed by atoms with Gasteiger partial charge < -0.3 is 4.74 Å². The van der Waals surface area contributed by atoms with Crippen LogP contribution in [0.5, 0.6) is 0 Å². The highest BCUT2D eigenvalue weighted by molar-refractivity contribution is 7.98. The number of hydrogen-bond donors (Lipinski definition) is 0. The van der Waals surface area contributed by atoms with Crippen molar-refractivity contribution in [1.82, 2.24) is 0 Å². The maximum atomic E-state index is 5.42. The summed E-state index contributed by atoms with van der Waals surface area (Å²) in [6.45, 7) is 1.51. The van der Waals surface area contributed by atoms with E-state index in [1.54, 1.807) is 11.8 Å². The average Bonchev–Trinajstić information content (AvgIpc) is 2.70. The Hall–Kier alpha value is -0.960. The van der Waals surface area contributed by atoms with Gasteiger partial charge in [0.15, 0.2) is 0 Å². The van der Waals surface area contributed by atoms with E-state index < -0.39 is 0 Å². The molecule has 0 radical (unpaired) electrons. The van der Waals surface area contributed by atoms with Gasteiger partial charge in [-0.1, -0.05) is 12.1 Å². The van der Waals surface area contributed by atoms with Crippen molar-refractivity contribution >= 4 is 17.7 Å². The van der Waals surface area contributed by atoms with E-state index in [4.69, 9.17) is 4.74 Å². The molecular weight excluding hydrogens is 182 g/mol. The smallest absolute Gasteiger partial charge is 0.217 e. The van der Waals surface area contributed by atoms with Crippen molar-refractivity contribution in [3.05, 3.63) is 29.8 Å². The van der Waals surface area contributed by atoms with Crippen LogP contribution in [0, 0.1) is 0 Å². The fraction of sp³-hybridized carbons (Fsp3) is 0.300. The quantitative estimate of drug-likeness (QED) is 0.671. The second kappa shape index (κ2) is 3.83. The van der Waals surface area contributed by atoms with Gasteiger partial charge >= 0.3 is 0 Å². The van der Waals surface area contributed by atoms with Gasteiger partial charge in [-0.3, -0.25) is 0 Å². The first-order valence-corrected chi connectivity index (χ1v) is 5.45. The Kier molecular flexibility index (Phi) is 2.54. The molecule has 0 saturated heterocycles. The molecule has 1 aliphatic heterocycles. The minimum absolute atomic E-state index is 0.720. The highest BCUT2D eigenvalue weighted by atomic mass is 32.2. The van der Waals surface area contributed by atoms with Crippen LogP contribution in [0.15, 0.2) is 34.2 Å². The number of aliphatic imine (C=N–C) groups is 1. The number of thioether (sulfide) groups is 1. The standard InChI is InChI=1S/C10H11NOS/c1-13-9-5-3-2-4-8(9)10-11-6-7-12-10/h2-5H,6-7H2,1H3. The van der Waals surface area contributed by atoms with Gasteiger partial charge in [-0.25, -0.2) is 4.99 Å². The van der Waals surface area contributed by atoms with E-state index in [9.17, 15) is 0 Å². The minimum atomic E-state index is 0.720. The molecule has 0 aliphatic carbocycles. The van der Waals surface area contributed by atoms with Gasteiger partial charge in [0, 0.05) is 10.5 Å². The third-order valence-electron chi connectivity index (χ3n) is 1.92. The van der Waals surface area contributed by atoms with Crippen LogP contribution in [0.1, 0.15) is 5.56 Å². The Balaban J connectivity index is 2.38. The largest absolute Gasteiger partial charge is 0.475 e. The number of benzene rings is 1. The zero-order valence-electron chi connectivity index (χ0n) is 7.49. The molecule has 68 valence electrons. The third kappa shape index (κ3) is 1.70. The van der Waals surface area contributed by atoms with E-state index in [-0.39, 0.29) is 0 Å². The molecule has 1 aromatic carbocycles. The van der Waals surface area contributed by atoms with E-state index in [0.717, 1.165) is 24.6 Å². The molecule has 0 N–H and O–H groups in total. The van der Waals surface area contributed by atoms with Gasteiger partial charge in [-0.15, -0.1) is 11.8 Å². The SMILES string of the molecule is CSc1ccccc1C1=NCCO1. The van der Waals surface area contributed by atoms with Crippen molar-refractivity contribution in [2.45, 2.75) is 4.90 Å². The number of ether oxygens (including phenoxy) is 1. The summed E-state index contributed by atoms with van der Waals surface area (Å²) in [6.07, 6.45) is 2.06. The van der Waals surface area contributed by atoms with Crippen molar-refractivity contribution in [1.29, 1.82) is 0 Å². The predicted octanol–water partition coefficient (Wildman–Crippen LogP) is 2.19. The minimum Gasteiger partial charge on any atom is -0.475 e. The number of hydrogen-bond acceptors (Lipinski definition) is 3. The summed E-state index contributed by atoms with van der Waals surface area (Å²) < 4.78 is 5.42. The Bertz CT molecular complexity index is 335. The van der Waals surface area contributed by atoms with Gasteiger partial charge in [0.1, 0.15) is 6.61 Å². The average molecular weight is 193 g/mol. The van der Waals surface area contributed by atoms with Gasteiger partial charge in [0.25, 0.3) is 0 Å². The number of rotatable bonds is 2. The summed E-state index contributed by atoms with van der Waals surface area (Å²) in [5, 5.41) is 0. The van der Waals surface area contributed by atoms with Crippen LogP contribution in [0.3, 0.4) is 0 Å². The molecule has 0 fully saturated rings. The van der Waals surface area contributed by atoms with E-state index in [1.165, 1.54) is 4.90 Å². The molecule has 0 saturated carbocycles. The Labute approximate surface area is 82.0 Å². The lowest BCUT2D eigenvalue weighted by atomic mass is 10.2. The number of nitrogens with zero attached hydrogens (tertiary/aromatic N) is 1. The van der Waals surface area contributed by atoms with Crippen LogP contribution < -0.4 is 0 Å². The Morgan fingerprint density at radius 3 is 2.92 bits per heavy atom. The van der Waals surface area contributed by atoms with Gasteiger partial charge in [-0.05, 0) is 18.4 Å². The molecule has 0 amide bonds. The van der Waals surface area contributed by atoms with Crippen LogP contribution in [-0.2, 0) is 4.74 Å². The molecule has 1 heterocycles. The Morgan fingerprint density at radius 2 is 2.23 bits per heavy atom. The molecule has 1 aliphatic rings. The maximum Gasteiger partial charge on any atom is 0.217 e. The van der Waals surface area contributed by atoms with Gasteiger partial charge in [0.2, 0.25) is 5.90 Å². The molecule has 0 bridgehead atoms. The first-order chi connectivity index (χ1) is 6.42. The molecule has 3 heteroatoms. The normalized spacial score (nSPS) is 15.3. The van der Waals surface area contributed by atoms with E-state index >= 15 is 0 Å². The predicted molar refractivity (Wildman–Crippen MR) is 55.6 cm³/mol. The second-order valence-corrected chi connectivity index (χ2v) is 3.58. The van der Waals surface area contributed by atoms with Crippen molar-refractivity contribution < 1.29 is 4.74 Å². The summed E-state index contributed by atoms with van der Waals surface area (Å²) in [7, 11) is 0. The van der Waals surface area contributed by atoms with Gasteiger partial charge in [0.05, 0.1) is 6.54 Å². The lowest BCUT2D eigenvalue weighted by Crippen LogP contribution is -2.02. The molecular formula is C10H11NOS. The summed E-state index contributed by atoms with van der Waals surface area (Å²) >= 11 is 1.72. The van der Waals surface area contributed by atoms with E-state index in [2.05, 4.69) is 23.4 Å². The lowest BCUT2D eigenvalue weighted by Gasteiger charge is -2.05. The zero-order chi connectivity index (χ0) is 9.10. The lowest BCUT2D eigenvalue weighted by molar-refractivity contribution is 0.348. The molecule has 2 nitrogen and oxygen atoms in total. The van der Waals surface area contributed by atoms with Crippen LogP contribution >= 0.6 is 11.8 Å². The molecule has 0 aromatic heterocycles. The molecule has 0 unspecified atom stereocenters. The van der Waals surface area contributed by atoms with Crippen LogP contribution in [0.2, 0.25) is 0 Å². The highest BCUT2D eigenvalue weighted by Crippen LogP contribution is 2.21. The summed E-state index contributed by atoms with van der Waals surface area (Å²) in [5.74, 6) is 0.796. The van der Waals surface area contributed by atoms with Crippen molar-refractivity contribution in [2.24, 2.45) is 4.99 Å². The third-order valence-corrected chi connectivity index (χ3v) is 2.72. The van der Waals surface area contributed by atoms with E-state index in [1.807, 2.05) is 12.1 Å². The van der Waals surface area contributed by atoms with Crippen LogP contribution in [0.4, 0.5) is 0 Å². The summed E-state index contributed by atoms with van der Waals surface area (Å²) in [6, 6.07) is 8.18. The first kappa shape index (κ1) is 8.63. The fourth-order valence-corrected chi connectivity index (χ4v) is 1.91. The summed E-state index contributed by atoms with van der Waals surface area (Å²) in [4.78, 5) is 5.52. The molecule has 0 spiro atoms. The highest BCUT2D eigenvalue weighted by Gasteiger charge is 2.12.